The number of hydrogen-bond acceptors (Lipinski definition) is 9. The fourth-order valence-electron chi connectivity index (χ4n) is 3.99. The maximum Gasteiger partial charge on any atom is 0.337 e. The fraction of sp³-hybridized carbons (Fsp3) is 0.111. The van der Waals surface area contributed by atoms with E-state index in [9.17, 15) is 21.6 Å². The first-order valence-corrected chi connectivity index (χ1v) is 17.4. The molecule has 1 unspecified atom stereocenters. The highest BCUT2D eigenvalue weighted by Crippen LogP contribution is 2.35. The smallest absolute Gasteiger partial charge is 0.337 e. The fourth-order valence-corrected chi connectivity index (χ4v) is 6.76. The van der Waals surface area contributed by atoms with Gasteiger partial charge < -0.3 is 14.8 Å². The summed E-state index contributed by atoms with van der Waals surface area (Å²) in [4.78, 5) is 15.6. The molecular formula is C27H20Cl5N3O7S2. The first-order chi connectivity index (χ1) is 20.7. The van der Waals surface area contributed by atoms with E-state index >= 15 is 0 Å². The number of nitrogens with zero attached hydrogens (tertiary/aromatic N) is 1. The number of rotatable bonds is 6. The van der Waals surface area contributed by atoms with Gasteiger partial charge in [0.15, 0.2) is 0 Å². The van der Waals surface area contributed by atoms with Crippen LogP contribution in [0.4, 0.5) is 5.69 Å². The third-order valence-corrected chi connectivity index (χ3v) is 10.1. The van der Waals surface area contributed by atoms with Crippen molar-refractivity contribution in [3.05, 3.63) is 93.9 Å². The molecule has 2 heterocycles. The van der Waals surface area contributed by atoms with E-state index in [0.717, 1.165) is 0 Å². The second kappa shape index (κ2) is 13.6. The number of hydrogen-bond donors (Lipinski definition) is 2. The van der Waals surface area contributed by atoms with Gasteiger partial charge in [0.1, 0.15) is 16.4 Å². The highest BCUT2D eigenvalue weighted by atomic mass is 35.7. The van der Waals surface area contributed by atoms with Crippen LogP contribution < -0.4 is 14.8 Å². The number of methoxy groups -OCH3 is 2. The van der Waals surface area contributed by atoms with Crippen LogP contribution >= 0.6 is 57.1 Å². The van der Waals surface area contributed by atoms with Crippen molar-refractivity contribution in [2.24, 2.45) is 0 Å². The van der Waals surface area contributed by atoms with E-state index in [0.29, 0.717) is 32.0 Å². The highest BCUT2D eigenvalue weighted by Gasteiger charge is 2.22. The highest BCUT2D eigenvalue weighted by molar-refractivity contribution is 8.13. The molecule has 1 aliphatic heterocycles. The molecule has 10 nitrogen and oxygen atoms in total. The largest absolute Gasteiger partial charge is 0.495 e. The van der Waals surface area contributed by atoms with E-state index < -0.39 is 30.5 Å². The van der Waals surface area contributed by atoms with Crippen molar-refractivity contribution < 1.29 is 31.1 Å². The predicted octanol–water partition coefficient (Wildman–Crippen LogP) is 7.13. The van der Waals surface area contributed by atoms with Gasteiger partial charge in [-0.05, 0) is 48.0 Å². The van der Waals surface area contributed by atoms with Crippen LogP contribution in [0.1, 0.15) is 27.0 Å². The van der Waals surface area contributed by atoms with Crippen molar-refractivity contribution in [2.45, 2.75) is 15.3 Å². The van der Waals surface area contributed by atoms with Gasteiger partial charge in [0.2, 0.25) is 0 Å². The SMILES string of the molecule is COC(=O)c1ccc(OC)c(NS(=O)(=O)c2ccc3c(Cl)cnc(Cl)c3c2)c1.O=S(=O)(Cl)c1ccc2c(c1)C(Cl)NC=C2Cl. The van der Waals surface area contributed by atoms with Gasteiger partial charge in [0.05, 0.1) is 45.3 Å². The number of anilines is 1. The third kappa shape index (κ3) is 7.45. The summed E-state index contributed by atoms with van der Waals surface area (Å²) in [6.45, 7) is 0. The molecular weight excluding hydrogens is 720 g/mol. The standard InChI is InChI=1S/C18H14Cl2N2O5S.C9H6Cl3NO2S/c1-26-16-6-3-10(18(23)27-2)7-15(16)22-28(24,25)11-4-5-12-13(8-11)17(20)21-9-14(12)19;10-8-4-13-9(11)7-3-5(16(12,14)15)1-2-6(7)8/h3-9,22H,1-2H3;1-4,9,13H. The Hall–Kier alpha value is -2.97. The quantitative estimate of drug-likeness (QED) is 0.0695. The van der Waals surface area contributed by atoms with Gasteiger partial charge in [-0.15, -0.1) is 0 Å². The Balaban J connectivity index is 0.000000233. The maximum absolute atomic E-state index is 12.9. The van der Waals surface area contributed by atoms with Crippen molar-refractivity contribution in [2.75, 3.05) is 18.9 Å². The zero-order chi connectivity index (χ0) is 32.4. The number of carbonyl (C=O) groups excluding carboxylic acids is 1. The zero-order valence-corrected chi connectivity index (χ0v) is 27.9. The van der Waals surface area contributed by atoms with Gasteiger partial charge in [0, 0.05) is 39.4 Å². The van der Waals surface area contributed by atoms with Crippen LogP contribution in [-0.2, 0) is 23.8 Å². The van der Waals surface area contributed by atoms with E-state index in [2.05, 4.69) is 19.8 Å². The second-order valence-corrected chi connectivity index (χ2v) is 14.7. The summed E-state index contributed by atoms with van der Waals surface area (Å²) in [7, 11) is 0.0784. The molecule has 1 aliphatic rings. The van der Waals surface area contributed by atoms with Crippen molar-refractivity contribution >= 4 is 104 Å². The summed E-state index contributed by atoms with van der Waals surface area (Å²) in [5.74, 6) is -0.374. The Morgan fingerprint density at radius 3 is 2.30 bits per heavy atom. The van der Waals surface area contributed by atoms with Crippen LogP contribution in [-0.4, -0.2) is 42.0 Å². The number of fused-ring (bicyclic) bond motifs is 2. The minimum Gasteiger partial charge on any atom is -0.495 e. The van der Waals surface area contributed by atoms with Gasteiger partial charge in [-0.1, -0.05) is 58.5 Å². The Kier molecular flexibility index (Phi) is 10.5. The minimum absolute atomic E-state index is 0.00623. The number of nitrogens with one attached hydrogen (secondary N) is 2. The first-order valence-electron chi connectivity index (χ1n) is 12.0. The lowest BCUT2D eigenvalue weighted by molar-refractivity contribution is 0.0600. The number of sulfonamides is 1. The third-order valence-electron chi connectivity index (χ3n) is 6.13. The molecule has 1 aromatic heterocycles. The average Bonchev–Trinajstić information content (AvgIpc) is 3.00. The summed E-state index contributed by atoms with van der Waals surface area (Å²) < 4.78 is 60.3. The lowest BCUT2D eigenvalue weighted by Gasteiger charge is -2.20. The number of alkyl halides is 1. The molecule has 2 N–H and O–H groups in total. The number of pyridine rings is 1. The average molecular weight is 740 g/mol. The van der Waals surface area contributed by atoms with E-state index in [1.807, 2.05) is 0 Å². The van der Waals surface area contributed by atoms with Gasteiger partial charge in [0.25, 0.3) is 19.1 Å². The minimum atomic E-state index is -4.03. The van der Waals surface area contributed by atoms with Gasteiger partial charge in [-0.25, -0.2) is 26.6 Å². The normalized spacial score (nSPS) is 14.3. The molecule has 0 spiro atoms. The summed E-state index contributed by atoms with van der Waals surface area (Å²) in [6.07, 6.45) is 2.96. The first kappa shape index (κ1) is 33.9. The van der Waals surface area contributed by atoms with Crippen LogP contribution in [0.3, 0.4) is 0 Å². The number of halogens is 5. The summed E-state index contributed by atoms with van der Waals surface area (Å²) >= 11 is 24.1. The molecule has 0 aliphatic carbocycles. The number of carbonyl (C=O) groups is 1. The molecule has 0 radical (unpaired) electrons. The predicted molar refractivity (Wildman–Crippen MR) is 172 cm³/mol. The summed E-state index contributed by atoms with van der Waals surface area (Å²) in [6, 6.07) is 13.0. The summed E-state index contributed by atoms with van der Waals surface area (Å²) in [5.41, 5.74) is 1.02. The molecule has 232 valence electrons. The van der Waals surface area contributed by atoms with Crippen molar-refractivity contribution in [1.29, 1.82) is 0 Å². The molecule has 3 aromatic carbocycles. The Labute approximate surface area is 277 Å². The van der Waals surface area contributed by atoms with Gasteiger partial charge in [-0.2, -0.15) is 0 Å². The van der Waals surface area contributed by atoms with E-state index in [1.165, 1.54) is 62.9 Å². The molecule has 44 heavy (non-hydrogen) atoms. The molecule has 0 saturated heterocycles. The lowest BCUT2D eigenvalue weighted by Crippen LogP contribution is -2.16. The maximum atomic E-state index is 12.9. The van der Waals surface area contributed by atoms with Gasteiger partial charge >= 0.3 is 5.97 Å². The zero-order valence-electron chi connectivity index (χ0n) is 22.4. The van der Waals surface area contributed by atoms with Crippen LogP contribution in [0, 0.1) is 0 Å². The molecule has 17 heteroatoms. The molecule has 0 amide bonds. The van der Waals surface area contributed by atoms with E-state index in [1.54, 1.807) is 18.3 Å². The number of benzene rings is 3. The lowest BCUT2D eigenvalue weighted by atomic mass is 10.1. The number of esters is 1. The number of aromatic nitrogens is 1. The molecule has 0 bridgehead atoms. The molecule has 1 atom stereocenters. The van der Waals surface area contributed by atoms with E-state index in [-0.39, 0.29) is 31.9 Å². The van der Waals surface area contributed by atoms with Crippen molar-refractivity contribution in [3.63, 3.8) is 0 Å². The molecule has 0 saturated carbocycles. The second-order valence-electron chi connectivity index (χ2n) is 8.82. The van der Waals surface area contributed by atoms with Crippen molar-refractivity contribution in [3.8, 4) is 5.75 Å². The Morgan fingerprint density at radius 1 is 0.932 bits per heavy atom. The monoisotopic (exact) mass is 737 g/mol. The van der Waals surface area contributed by atoms with E-state index in [4.69, 9.17) is 61.8 Å². The summed E-state index contributed by atoms with van der Waals surface area (Å²) in [5, 5.41) is 4.73. The van der Waals surface area contributed by atoms with Crippen LogP contribution in [0.5, 0.6) is 5.75 Å². The topological polar surface area (TPSA) is 141 Å². The van der Waals surface area contributed by atoms with Gasteiger partial charge in [-0.3, -0.25) is 4.72 Å². The van der Waals surface area contributed by atoms with Crippen LogP contribution in [0.2, 0.25) is 10.2 Å². The van der Waals surface area contributed by atoms with Crippen LogP contribution in [0.15, 0.2) is 76.8 Å². The van der Waals surface area contributed by atoms with Crippen LogP contribution in [0.25, 0.3) is 15.8 Å². The molecule has 0 fully saturated rings. The number of ether oxygens (including phenoxy) is 2. The molecule has 5 rings (SSSR count). The Morgan fingerprint density at radius 2 is 1.64 bits per heavy atom. The Bertz CT molecular complexity index is 2020. The molecule has 4 aromatic rings. The van der Waals surface area contributed by atoms with Crippen molar-refractivity contribution in [1.82, 2.24) is 10.3 Å².